The minimum Gasteiger partial charge on any atom is -0.325 e. The summed E-state index contributed by atoms with van der Waals surface area (Å²) in [6.07, 6.45) is 0.645. The minimum absolute atomic E-state index is 0.0473. The number of hydrogen-bond acceptors (Lipinski definition) is 3. The maximum atomic E-state index is 12.4. The van der Waals surface area contributed by atoms with Crippen molar-refractivity contribution in [2.24, 2.45) is 0 Å². The molecular weight excluding hydrogens is 333 g/mol. The number of halogens is 2. The second kappa shape index (κ2) is 6.89. The van der Waals surface area contributed by atoms with E-state index in [1.165, 1.54) is 0 Å². The lowest BCUT2D eigenvalue weighted by molar-refractivity contribution is -0.117. The highest BCUT2D eigenvalue weighted by molar-refractivity contribution is 6.31. The van der Waals surface area contributed by atoms with Crippen molar-refractivity contribution >= 4 is 34.8 Å². The molecule has 1 heterocycles. The Labute approximate surface area is 145 Å². The van der Waals surface area contributed by atoms with Gasteiger partial charge in [0.2, 0.25) is 5.91 Å². The van der Waals surface area contributed by atoms with E-state index in [-0.39, 0.29) is 18.0 Å². The molecule has 1 aliphatic heterocycles. The molecule has 3 N–H and O–H groups in total. The van der Waals surface area contributed by atoms with Gasteiger partial charge in [-0.1, -0.05) is 41.4 Å². The standard InChI is InChI=1S/C17H17Cl2N3O/c1-10-5-6-13(8-14(10)19)20-17(23)16-9-15(21-22-16)11-3-2-4-12(18)7-11/h2-8,15-16,21-22H,9H2,1H3,(H,20,23). The van der Waals surface area contributed by atoms with Crippen LogP contribution in [-0.4, -0.2) is 11.9 Å². The van der Waals surface area contributed by atoms with Gasteiger partial charge >= 0.3 is 0 Å². The summed E-state index contributed by atoms with van der Waals surface area (Å²) in [5.41, 5.74) is 8.90. The van der Waals surface area contributed by atoms with Gasteiger partial charge in [-0.05, 0) is 48.7 Å². The van der Waals surface area contributed by atoms with Crippen LogP contribution in [0.3, 0.4) is 0 Å². The highest BCUT2D eigenvalue weighted by Crippen LogP contribution is 2.25. The van der Waals surface area contributed by atoms with Crippen LogP contribution in [0, 0.1) is 6.92 Å². The first-order chi connectivity index (χ1) is 11.0. The van der Waals surface area contributed by atoms with E-state index in [0.717, 1.165) is 11.1 Å². The highest BCUT2D eigenvalue weighted by Gasteiger charge is 2.30. The van der Waals surface area contributed by atoms with Gasteiger partial charge in [0.15, 0.2) is 0 Å². The summed E-state index contributed by atoms with van der Waals surface area (Å²) in [5, 5.41) is 4.21. The van der Waals surface area contributed by atoms with Crippen molar-refractivity contribution in [1.82, 2.24) is 10.9 Å². The summed E-state index contributed by atoms with van der Waals surface area (Å²) in [7, 11) is 0. The lowest BCUT2D eigenvalue weighted by Crippen LogP contribution is -2.39. The zero-order chi connectivity index (χ0) is 16.4. The molecule has 2 atom stereocenters. The molecule has 0 saturated carbocycles. The molecule has 1 fully saturated rings. The number of carbonyl (C=O) groups is 1. The van der Waals surface area contributed by atoms with Crippen molar-refractivity contribution in [2.45, 2.75) is 25.4 Å². The van der Waals surface area contributed by atoms with E-state index >= 15 is 0 Å². The first-order valence-corrected chi connectivity index (χ1v) is 8.12. The van der Waals surface area contributed by atoms with E-state index < -0.39 is 0 Å². The number of aryl methyl sites for hydroxylation is 1. The molecule has 1 aliphatic rings. The molecule has 1 amide bonds. The van der Waals surface area contributed by atoms with E-state index in [2.05, 4.69) is 16.2 Å². The van der Waals surface area contributed by atoms with Crippen LogP contribution in [0.15, 0.2) is 42.5 Å². The van der Waals surface area contributed by atoms with Crippen molar-refractivity contribution in [1.29, 1.82) is 0 Å². The predicted molar refractivity (Wildman–Crippen MR) is 93.7 cm³/mol. The number of amides is 1. The molecule has 2 aromatic rings. The SMILES string of the molecule is Cc1ccc(NC(=O)C2CC(c3cccc(Cl)c3)NN2)cc1Cl. The van der Waals surface area contributed by atoms with E-state index in [1.54, 1.807) is 6.07 Å². The molecule has 2 aromatic carbocycles. The van der Waals surface area contributed by atoms with E-state index in [0.29, 0.717) is 22.2 Å². The van der Waals surface area contributed by atoms with Crippen LogP contribution in [-0.2, 0) is 4.79 Å². The Morgan fingerprint density at radius 3 is 2.74 bits per heavy atom. The van der Waals surface area contributed by atoms with Crippen LogP contribution >= 0.6 is 23.2 Å². The summed E-state index contributed by atoms with van der Waals surface area (Å²) in [5.74, 6) is -0.0954. The van der Waals surface area contributed by atoms with Crippen molar-refractivity contribution < 1.29 is 4.79 Å². The van der Waals surface area contributed by atoms with Gasteiger partial charge in [-0.3, -0.25) is 4.79 Å². The van der Waals surface area contributed by atoms with E-state index in [4.69, 9.17) is 23.2 Å². The third-order valence-electron chi connectivity index (χ3n) is 3.91. The molecule has 0 aromatic heterocycles. The normalized spacial score (nSPS) is 20.5. The van der Waals surface area contributed by atoms with Crippen LogP contribution in [0.25, 0.3) is 0 Å². The van der Waals surface area contributed by atoms with Crippen molar-refractivity contribution in [3.05, 3.63) is 63.6 Å². The largest absolute Gasteiger partial charge is 0.325 e. The number of benzene rings is 2. The van der Waals surface area contributed by atoms with Crippen LogP contribution in [0.5, 0.6) is 0 Å². The number of nitrogens with one attached hydrogen (secondary N) is 3. The van der Waals surface area contributed by atoms with Gasteiger partial charge in [0, 0.05) is 21.8 Å². The quantitative estimate of drug-likeness (QED) is 0.788. The summed E-state index contributed by atoms with van der Waals surface area (Å²) < 4.78 is 0. The lowest BCUT2D eigenvalue weighted by atomic mass is 10.0. The Balaban J connectivity index is 1.64. The molecule has 3 rings (SSSR count). The van der Waals surface area contributed by atoms with Gasteiger partial charge in [-0.15, -0.1) is 0 Å². The summed E-state index contributed by atoms with van der Waals surface area (Å²) >= 11 is 12.1. The lowest BCUT2D eigenvalue weighted by Gasteiger charge is -2.11. The molecule has 4 nitrogen and oxygen atoms in total. The molecule has 0 bridgehead atoms. The smallest absolute Gasteiger partial charge is 0.242 e. The molecular formula is C17H17Cl2N3O. The Bertz CT molecular complexity index is 736. The molecule has 0 spiro atoms. The number of hydrazine groups is 1. The van der Waals surface area contributed by atoms with Crippen LogP contribution < -0.4 is 16.2 Å². The third-order valence-corrected chi connectivity index (χ3v) is 4.55. The number of anilines is 1. The van der Waals surface area contributed by atoms with Gasteiger partial charge in [0.25, 0.3) is 0 Å². The fraction of sp³-hybridized carbons (Fsp3) is 0.235. The molecule has 1 saturated heterocycles. The fourth-order valence-electron chi connectivity index (χ4n) is 2.57. The minimum atomic E-state index is -0.320. The van der Waals surface area contributed by atoms with E-state index in [9.17, 15) is 4.79 Å². The number of rotatable bonds is 3. The van der Waals surface area contributed by atoms with Gasteiger partial charge in [-0.2, -0.15) is 0 Å². The van der Waals surface area contributed by atoms with Gasteiger partial charge in [0.1, 0.15) is 6.04 Å². The van der Waals surface area contributed by atoms with Crippen LogP contribution in [0.1, 0.15) is 23.6 Å². The summed E-state index contributed by atoms with van der Waals surface area (Å²) in [6, 6.07) is 12.8. The average molecular weight is 350 g/mol. The second-order valence-corrected chi connectivity index (χ2v) is 6.48. The average Bonchev–Trinajstić information content (AvgIpc) is 3.01. The maximum Gasteiger partial charge on any atom is 0.242 e. The van der Waals surface area contributed by atoms with Crippen LogP contribution in [0.2, 0.25) is 10.0 Å². The Kier molecular flexibility index (Phi) is 4.87. The fourth-order valence-corrected chi connectivity index (χ4v) is 2.95. The first-order valence-electron chi connectivity index (χ1n) is 7.36. The Morgan fingerprint density at radius 1 is 1.17 bits per heavy atom. The monoisotopic (exact) mass is 349 g/mol. The molecule has 23 heavy (non-hydrogen) atoms. The number of hydrogen-bond donors (Lipinski definition) is 3. The first kappa shape index (κ1) is 16.3. The van der Waals surface area contributed by atoms with Gasteiger partial charge < -0.3 is 5.32 Å². The highest BCUT2D eigenvalue weighted by atomic mass is 35.5. The Morgan fingerprint density at radius 2 is 2.00 bits per heavy atom. The zero-order valence-corrected chi connectivity index (χ0v) is 14.1. The number of carbonyl (C=O) groups excluding carboxylic acids is 1. The third kappa shape index (κ3) is 3.85. The molecule has 2 unspecified atom stereocenters. The van der Waals surface area contributed by atoms with Gasteiger partial charge in [0.05, 0.1) is 0 Å². The van der Waals surface area contributed by atoms with Crippen molar-refractivity contribution in [2.75, 3.05) is 5.32 Å². The molecule has 120 valence electrons. The van der Waals surface area contributed by atoms with Crippen molar-refractivity contribution in [3.63, 3.8) is 0 Å². The second-order valence-electron chi connectivity index (χ2n) is 5.64. The van der Waals surface area contributed by atoms with E-state index in [1.807, 2.05) is 43.3 Å². The Hall–Kier alpha value is -1.59. The zero-order valence-electron chi connectivity index (χ0n) is 12.6. The molecule has 0 aliphatic carbocycles. The maximum absolute atomic E-state index is 12.4. The predicted octanol–water partition coefficient (Wildman–Crippen LogP) is 3.85. The van der Waals surface area contributed by atoms with Crippen molar-refractivity contribution in [3.8, 4) is 0 Å². The summed E-state index contributed by atoms with van der Waals surface area (Å²) in [6.45, 7) is 1.92. The van der Waals surface area contributed by atoms with Crippen LogP contribution in [0.4, 0.5) is 5.69 Å². The topological polar surface area (TPSA) is 53.2 Å². The summed E-state index contributed by atoms with van der Waals surface area (Å²) in [4.78, 5) is 12.4. The van der Waals surface area contributed by atoms with Gasteiger partial charge in [-0.25, -0.2) is 10.9 Å². The molecule has 6 heteroatoms. The molecule has 0 radical (unpaired) electrons.